The molecular formula is C15H17N3O4S. The first-order valence-electron chi connectivity index (χ1n) is 7.38. The van der Waals surface area contributed by atoms with Crippen molar-refractivity contribution in [2.24, 2.45) is 0 Å². The Labute approximate surface area is 137 Å². The third kappa shape index (κ3) is 2.90. The molecule has 0 aliphatic carbocycles. The molecule has 2 atom stereocenters. The minimum atomic E-state index is -0.460. The largest absolute Gasteiger partial charge is 0.350 e. The number of nitrogens with one attached hydrogen (secondary N) is 1. The lowest BCUT2D eigenvalue weighted by molar-refractivity contribution is -0.384. The highest BCUT2D eigenvalue weighted by molar-refractivity contribution is 8.01. The summed E-state index contributed by atoms with van der Waals surface area (Å²) in [7, 11) is 0. The van der Waals surface area contributed by atoms with E-state index in [1.165, 1.54) is 12.1 Å². The molecule has 0 radical (unpaired) electrons. The summed E-state index contributed by atoms with van der Waals surface area (Å²) in [6, 6.07) is 5.62. The zero-order valence-electron chi connectivity index (χ0n) is 12.7. The number of hydrogen-bond donors (Lipinski definition) is 1. The van der Waals surface area contributed by atoms with E-state index in [1.807, 2.05) is 6.92 Å². The molecule has 2 saturated heterocycles. The molecule has 1 aromatic rings. The minimum Gasteiger partial charge on any atom is -0.350 e. The molecule has 122 valence electrons. The second kappa shape index (κ2) is 5.84. The number of non-ortho nitro benzene ring substituents is 1. The highest BCUT2D eigenvalue weighted by atomic mass is 32.2. The lowest BCUT2D eigenvalue weighted by atomic mass is 10.2. The van der Waals surface area contributed by atoms with Crippen LogP contribution in [0.1, 0.15) is 25.3 Å². The van der Waals surface area contributed by atoms with Crippen LogP contribution in [0.5, 0.6) is 0 Å². The highest BCUT2D eigenvalue weighted by Crippen LogP contribution is 2.47. The van der Waals surface area contributed by atoms with Gasteiger partial charge in [-0.1, -0.05) is 12.1 Å². The van der Waals surface area contributed by atoms with Crippen LogP contribution in [0.4, 0.5) is 5.69 Å². The van der Waals surface area contributed by atoms with Gasteiger partial charge >= 0.3 is 0 Å². The number of nitro groups is 1. The molecule has 2 aliphatic rings. The number of thioether (sulfide) groups is 1. The van der Waals surface area contributed by atoms with Gasteiger partial charge in [-0.3, -0.25) is 19.7 Å². The maximum atomic E-state index is 12.4. The standard InChI is InChI=1S/C15H17N3O4S/c1-15-7-6-13(19)17(15)12(9-23-15)14(20)16-8-10-2-4-11(5-3-10)18(21)22/h2-5,12H,6-9H2,1H3,(H,16,20)/t12-,15-/m0/s1. The number of amides is 2. The van der Waals surface area contributed by atoms with Gasteiger partial charge in [-0.25, -0.2) is 0 Å². The number of rotatable bonds is 4. The van der Waals surface area contributed by atoms with Crippen LogP contribution in [0.25, 0.3) is 0 Å². The van der Waals surface area contributed by atoms with Crippen molar-refractivity contribution in [1.82, 2.24) is 10.2 Å². The molecule has 23 heavy (non-hydrogen) atoms. The summed E-state index contributed by atoms with van der Waals surface area (Å²) in [5, 5.41) is 13.4. The number of carbonyl (C=O) groups excluding carboxylic acids is 2. The van der Waals surface area contributed by atoms with Crippen LogP contribution in [0.15, 0.2) is 24.3 Å². The molecule has 7 nitrogen and oxygen atoms in total. The second-order valence-corrected chi connectivity index (χ2v) is 7.41. The topological polar surface area (TPSA) is 92.6 Å². The Morgan fingerprint density at radius 3 is 2.83 bits per heavy atom. The fourth-order valence-electron chi connectivity index (χ4n) is 3.06. The van der Waals surface area contributed by atoms with E-state index in [-0.39, 0.29) is 28.9 Å². The Hall–Kier alpha value is -2.09. The van der Waals surface area contributed by atoms with Gasteiger partial charge in [0, 0.05) is 30.9 Å². The predicted octanol–water partition coefficient (Wildman–Crippen LogP) is 1.66. The number of benzene rings is 1. The number of fused-ring (bicyclic) bond motifs is 1. The van der Waals surface area contributed by atoms with E-state index >= 15 is 0 Å². The fraction of sp³-hybridized carbons (Fsp3) is 0.467. The number of carbonyl (C=O) groups is 2. The summed E-state index contributed by atoms with van der Waals surface area (Å²) in [5.74, 6) is 0.469. The molecule has 3 rings (SSSR count). The first-order chi connectivity index (χ1) is 10.9. The van der Waals surface area contributed by atoms with Crippen LogP contribution in [-0.2, 0) is 16.1 Å². The van der Waals surface area contributed by atoms with Crippen LogP contribution in [0.3, 0.4) is 0 Å². The first kappa shape index (κ1) is 15.8. The molecule has 2 fully saturated rings. The summed E-state index contributed by atoms with van der Waals surface area (Å²) in [4.78, 5) is 36.0. The number of hydrogen-bond acceptors (Lipinski definition) is 5. The molecule has 8 heteroatoms. The molecule has 2 amide bonds. The van der Waals surface area contributed by atoms with Gasteiger partial charge in [0.05, 0.1) is 9.79 Å². The van der Waals surface area contributed by atoms with Crippen molar-refractivity contribution in [2.75, 3.05) is 5.75 Å². The summed E-state index contributed by atoms with van der Waals surface area (Å²) in [6.45, 7) is 2.29. The van der Waals surface area contributed by atoms with Crippen LogP contribution in [0, 0.1) is 10.1 Å². The van der Waals surface area contributed by atoms with Gasteiger partial charge in [0.25, 0.3) is 5.69 Å². The first-order valence-corrected chi connectivity index (χ1v) is 8.36. The second-order valence-electron chi connectivity index (χ2n) is 5.91. The van der Waals surface area contributed by atoms with Crippen molar-refractivity contribution in [2.45, 2.75) is 37.2 Å². The lowest BCUT2D eigenvalue weighted by Gasteiger charge is -2.29. The highest BCUT2D eigenvalue weighted by Gasteiger charge is 2.52. The Kier molecular flexibility index (Phi) is 4.01. The van der Waals surface area contributed by atoms with Gasteiger partial charge in [0.2, 0.25) is 11.8 Å². The van der Waals surface area contributed by atoms with Gasteiger partial charge in [0.15, 0.2) is 0 Å². The van der Waals surface area contributed by atoms with Crippen molar-refractivity contribution in [3.8, 4) is 0 Å². The Bertz CT molecular complexity index is 663. The molecule has 0 unspecified atom stereocenters. The third-order valence-electron chi connectivity index (χ3n) is 4.36. The zero-order valence-corrected chi connectivity index (χ0v) is 13.5. The maximum Gasteiger partial charge on any atom is 0.269 e. The monoisotopic (exact) mass is 335 g/mol. The van der Waals surface area contributed by atoms with Crippen LogP contribution < -0.4 is 5.32 Å². The molecule has 0 bridgehead atoms. The smallest absolute Gasteiger partial charge is 0.269 e. The summed E-state index contributed by atoms with van der Waals surface area (Å²) < 4.78 is 0. The Balaban J connectivity index is 1.61. The van der Waals surface area contributed by atoms with Gasteiger partial charge in [-0.2, -0.15) is 0 Å². The van der Waals surface area contributed by atoms with E-state index in [4.69, 9.17) is 0 Å². The van der Waals surface area contributed by atoms with Crippen molar-refractivity contribution in [3.63, 3.8) is 0 Å². The van der Waals surface area contributed by atoms with Crippen molar-refractivity contribution in [1.29, 1.82) is 0 Å². The average Bonchev–Trinajstić information content (AvgIpc) is 3.02. The minimum absolute atomic E-state index is 0.0192. The Morgan fingerprint density at radius 1 is 1.48 bits per heavy atom. The maximum absolute atomic E-state index is 12.4. The van der Waals surface area contributed by atoms with Crippen molar-refractivity contribution < 1.29 is 14.5 Å². The van der Waals surface area contributed by atoms with E-state index in [9.17, 15) is 19.7 Å². The molecule has 1 N–H and O–H groups in total. The summed E-state index contributed by atoms with van der Waals surface area (Å²) >= 11 is 1.65. The quantitative estimate of drug-likeness (QED) is 0.667. The van der Waals surface area contributed by atoms with Gasteiger partial charge < -0.3 is 10.2 Å². The lowest BCUT2D eigenvalue weighted by Crippen LogP contribution is -2.49. The third-order valence-corrected chi connectivity index (χ3v) is 5.87. The number of nitrogens with zero attached hydrogens (tertiary/aromatic N) is 2. The van der Waals surface area contributed by atoms with Crippen molar-refractivity contribution in [3.05, 3.63) is 39.9 Å². The van der Waals surface area contributed by atoms with E-state index in [2.05, 4.69) is 5.32 Å². The van der Waals surface area contributed by atoms with Crippen LogP contribution in [-0.4, -0.2) is 38.3 Å². The molecule has 0 spiro atoms. The van der Waals surface area contributed by atoms with Gasteiger partial charge in [-0.15, -0.1) is 11.8 Å². The number of nitro benzene ring substituents is 1. The molecule has 0 aromatic heterocycles. The van der Waals surface area contributed by atoms with E-state index in [0.717, 1.165) is 12.0 Å². The zero-order chi connectivity index (χ0) is 16.6. The molecule has 0 saturated carbocycles. The molecular weight excluding hydrogens is 318 g/mol. The Morgan fingerprint density at radius 2 is 2.17 bits per heavy atom. The SMILES string of the molecule is C[C@]12CCC(=O)N1[C@H](C(=O)NCc1ccc([N+](=O)[O-])cc1)CS2. The molecule has 2 aliphatic heterocycles. The molecule has 2 heterocycles. The summed E-state index contributed by atoms with van der Waals surface area (Å²) in [6.07, 6.45) is 1.28. The normalized spacial score (nSPS) is 26.2. The van der Waals surface area contributed by atoms with Crippen LogP contribution >= 0.6 is 11.8 Å². The van der Waals surface area contributed by atoms with E-state index < -0.39 is 11.0 Å². The molecule has 1 aromatic carbocycles. The van der Waals surface area contributed by atoms with Gasteiger partial charge in [0.1, 0.15) is 6.04 Å². The van der Waals surface area contributed by atoms with Crippen LogP contribution in [0.2, 0.25) is 0 Å². The fourth-order valence-corrected chi connectivity index (χ4v) is 4.49. The van der Waals surface area contributed by atoms with Gasteiger partial charge in [-0.05, 0) is 18.9 Å². The summed E-state index contributed by atoms with van der Waals surface area (Å²) in [5.41, 5.74) is 0.802. The van der Waals surface area contributed by atoms with E-state index in [0.29, 0.717) is 12.2 Å². The predicted molar refractivity (Wildman–Crippen MR) is 85.7 cm³/mol. The van der Waals surface area contributed by atoms with Crippen molar-refractivity contribution >= 4 is 29.3 Å². The average molecular weight is 335 g/mol. The van der Waals surface area contributed by atoms with E-state index in [1.54, 1.807) is 28.8 Å².